The first kappa shape index (κ1) is 17.4. The SMILES string of the molecule is COC(C)(C)C.O=CN1CCCCC1C(=O)CCl. The molecule has 5 heteroatoms. The number of ketones is 1. The third-order valence-electron chi connectivity index (χ3n) is 2.80. The summed E-state index contributed by atoms with van der Waals surface area (Å²) in [7, 11) is 1.71. The maximum Gasteiger partial charge on any atom is 0.210 e. The van der Waals surface area contributed by atoms with Gasteiger partial charge in [0.1, 0.15) is 0 Å². The van der Waals surface area contributed by atoms with Gasteiger partial charge >= 0.3 is 0 Å². The molecule has 0 N–H and O–H groups in total. The molecule has 106 valence electrons. The molecule has 0 aromatic heterocycles. The van der Waals surface area contributed by atoms with E-state index in [1.807, 2.05) is 20.8 Å². The number of likely N-dealkylation sites (tertiary alicyclic amines) is 1. The fourth-order valence-electron chi connectivity index (χ4n) is 1.51. The molecule has 0 radical (unpaired) electrons. The summed E-state index contributed by atoms with van der Waals surface area (Å²) in [4.78, 5) is 23.3. The summed E-state index contributed by atoms with van der Waals surface area (Å²) in [5, 5.41) is 0. The predicted molar refractivity (Wildman–Crippen MR) is 72.9 cm³/mol. The number of rotatable bonds is 3. The number of Topliss-reactive ketones (excluding diaryl/α,β-unsaturated/α-hetero) is 1. The normalized spacial score (nSPS) is 19.8. The van der Waals surface area contributed by atoms with E-state index >= 15 is 0 Å². The van der Waals surface area contributed by atoms with Crippen molar-refractivity contribution >= 4 is 23.8 Å². The molecular weight excluding hydrogens is 254 g/mol. The van der Waals surface area contributed by atoms with Crippen molar-refractivity contribution in [3.8, 4) is 0 Å². The fraction of sp³-hybridized carbons (Fsp3) is 0.846. The smallest absolute Gasteiger partial charge is 0.210 e. The van der Waals surface area contributed by atoms with Crippen LogP contribution in [0.2, 0.25) is 0 Å². The highest BCUT2D eigenvalue weighted by Crippen LogP contribution is 2.16. The number of halogens is 1. The zero-order valence-corrected chi connectivity index (χ0v) is 12.5. The van der Waals surface area contributed by atoms with Gasteiger partial charge in [-0.05, 0) is 40.0 Å². The second kappa shape index (κ2) is 8.48. The summed E-state index contributed by atoms with van der Waals surface area (Å²) in [6.07, 6.45) is 3.51. The minimum absolute atomic E-state index is 0.00894. The number of hydrogen-bond acceptors (Lipinski definition) is 3. The average Bonchev–Trinajstić information content (AvgIpc) is 2.37. The molecule has 4 nitrogen and oxygen atoms in total. The first-order valence-electron chi connectivity index (χ1n) is 6.20. The summed E-state index contributed by atoms with van der Waals surface area (Å²) in [5.74, 6) is -0.0295. The lowest BCUT2D eigenvalue weighted by atomic mass is 10.00. The molecule has 1 fully saturated rings. The van der Waals surface area contributed by atoms with Crippen LogP contribution >= 0.6 is 11.6 Å². The zero-order valence-electron chi connectivity index (χ0n) is 11.7. The van der Waals surface area contributed by atoms with E-state index < -0.39 is 0 Å². The van der Waals surface area contributed by atoms with Crippen LogP contribution in [0.1, 0.15) is 40.0 Å². The number of ether oxygens (including phenoxy) is 1. The van der Waals surface area contributed by atoms with Crippen LogP contribution < -0.4 is 0 Å². The van der Waals surface area contributed by atoms with Crippen molar-refractivity contribution in [2.24, 2.45) is 0 Å². The van der Waals surface area contributed by atoms with Gasteiger partial charge < -0.3 is 9.64 Å². The summed E-state index contributed by atoms with van der Waals surface area (Å²) < 4.78 is 4.94. The minimum atomic E-state index is -0.256. The van der Waals surface area contributed by atoms with Gasteiger partial charge in [-0.2, -0.15) is 0 Å². The molecule has 0 aromatic carbocycles. The molecule has 1 aliphatic rings. The van der Waals surface area contributed by atoms with Gasteiger partial charge in [-0.15, -0.1) is 11.6 Å². The zero-order chi connectivity index (χ0) is 14.2. The topological polar surface area (TPSA) is 46.6 Å². The van der Waals surface area contributed by atoms with Crippen LogP contribution in [-0.4, -0.2) is 48.3 Å². The molecule has 1 heterocycles. The molecule has 1 atom stereocenters. The Morgan fingerprint density at radius 2 is 2.00 bits per heavy atom. The first-order chi connectivity index (χ1) is 8.35. The second-order valence-corrected chi connectivity index (χ2v) is 5.54. The van der Waals surface area contributed by atoms with Crippen molar-refractivity contribution in [3.63, 3.8) is 0 Å². The second-order valence-electron chi connectivity index (χ2n) is 5.27. The Bertz CT molecular complexity index is 263. The van der Waals surface area contributed by atoms with Gasteiger partial charge in [-0.25, -0.2) is 0 Å². The molecule has 0 aromatic rings. The van der Waals surface area contributed by atoms with E-state index in [9.17, 15) is 9.59 Å². The van der Waals surface area contributed by atoms with E-state index in [0.717, 1.165) is 25.7 Å². The van der Waals surface area contributed by atoms with Crippen molar-refractivity contribution in [1.82, 2.24) is 4.90 Å². The summed E-state index contributed by atoms with van der Waals surface area (Å²) in [6.45, 7) is 6.75. The number of alkyl halides is 1. The number of methoxy groups -OCH3 is 1. The summed E-state index contributed by atoms with van der Waals surface area (Å²) in [6, 6.07) is -0.256. The van der Waals surface area contributed by atoms with E-state index in [1.54, 1.807) is 12.0 Å². The standard InChI is InChI=1S/C8H12ClNO2.C5H12O/c9-5-8(12)7-3-1-2-4-10(7)6-11;1-5(2,3)6-4/h6-7H,1-5H2;1-4H3. The lowest BCUT2D eigenvalue weighted by Crippen LogP contribution is -2.44. The average molecular weight is 278 g/mol. The van der Waals surface area contributed by atoms with Crippen molar-refractivity contribution < 1.29 is 14.3 Å². The van der Waals surface area contributed by atoms with Gasteiger partial charge in [0.25, 0.3) is 0 Å². The molecule has 1 unspecified atom stereocenters. The maximum absolute atomic E-state index is 11.2. The van der Waals surface area contributed by atoms with Crippen molar-refractivity contribution in [3.05, 3.63) is 0 Å². The lowest BCUT2D eigenvalue weighted by Gasteiger charge is -2.30. The van der Waals surface area contributed by atoms with Gasteiger partial charge in [0.2, 0.25) is 6.41 Å². The van der Waals surface area contributed by atoms with E-state index in [-0.39, 0.29) is 23.3 Å². The van der Waals surface area contributed by atoms with Crippen molar-refractivity contribution in [1.29, 1.82) is 0 Å². The van der Waals surface area contributed by atoms with E-state index in [4.69, 9.17) is 16.3 Å². The van der Waals surface area contributed by atoms with Crippen LogP contribution in [-0.2, 0) is 14.3 Å². The number of piperidine rings is 1. The molecule has 0 saturated carbocycles. The van der Waals surface area contributed by atoms with Crippen LogP contribution in [0.15, 0.2) is 0 Å². The van der Waals surface area contributed by atoms with Gasteiger partial charge in [-0.1, -0.05) is 0 Å². The number of amides is 1. The molecule has 0 spiro atoms. The van der Waals surface area contributed by atoms with Crippen molar-refractivity contribution in [2.45, 2.75) is 51.7 Å². The van der Waals surface area contributed by atoms with Gasteiger partial charge in [0.15, 0.2) is 5.78 Å². The van der Waals surface area contributed by atoms with Gasteiger partial charge in [-0.3, -0.25) is 9.59 Å². The Morgan fingerprint density at radius 3 is 2.39 bits per heavy atom. The summed E-state index contributed by atoms with van der Waals surface area (Å²) in [5.41, 5.74) is 0.0417. The predicted octanol–water partition coefficient (Wildman–Crippen LogP) is 2.24. The van der Waals surface area contributed by atoms with Crippen LogP contribution in [0, 0.1) is 0 Å². The minimum Gasteiger partial charge on any atom is -0.379 e. The van der Waals surface area contributed by atoms with Crippen LogP contribution in [0.3, 0.4) is 0 Å². The summed E-state index contributed by atoms with van der Waals surface area (Å²) >= 11 is 5.42. The Kier molecular flexibility index (Phi) is 8.20. The third kappa shape index (κ3) is 6.97. The molecule has 1 saturated heterocycles. The van der Waals surface area contributed by atoms with Crippen LogP contribution in [0.5, 0.6) is 0 Å². The molecular formula is C13H24ClNO3. The quantitative estimate of drug-likeness (QED) is 0.587. The van der Waals surface area contributed by atoms with Crippen LogP contribution in [0.25, 0.3) is 0 Å². The van der Waals surface area contributed by atoms with Gasteiger partial charge in [0.05, 0.1) is 17.5 Å². The van der Waals surface area contributed by atoms with Crippen molar-refractivity contribution in [2.75, 3.05) is 19.5 Å². The molecule has 1 rings (SSSR count). The maximum atomic E-state index is 11.2. The number of carbonyl (C=O) groups is 2. The lowest BCUT2D eigenvalue weighted by molar-refractivity contribution is -0.131. The Labute approximate surface area is 115 Å². The number of carbonyl (C=O) groups excluding carboxylic acids is 2. The Balaban J connectivity index is 0.000000411. The highest BCUT2D eigenvalue weighted by atomic mass is 35.5. The largest absolute Gasteiger partial charge is 0.379 e. The Hall–Kier alpha value is -0.610. The van der Waals surface area contributed by atoms with E-state index in [0.29, 0.717) is 6.54 Å². The third-order valence-corrected chi connectivity index (χ3v) is 3.06. The number of hydrogen-bond donors (Lipinski definition) is 0. The fourth-order valence-corrected chi connectivity index (χ4v) is 1.69. The molecule has 0 bridgehead atoms. The number of nitrogens with zero attached hydrogens (tertiary/aromatic N) is 1. The molecule has 1 amide bonds. The van der Waals surface area contributed by atoms with E-state index in [1.165, 1.54) is 0 Å². The highest BCUT2D eigenvalue weighted by Gasteiger charge is 2.26. The molecule has 18 heavy (non-hydrogen) atoms. The van der Waals surface area contributed by atoms with Crippen LogP contribution in [0.4, 0.5) is 0 Å². The highest BCUT2D eigenvalue weighted by molar-refractivity contribution is 6.28. The van der Waals surface area contributed by atoms with E-state index in [2.05, 4.69) is 0 Å². The van der Waals surface area contributed by atoms with Gasteiger partial charge in [0, 0.05) is 13.7 Å². The first-order valence-corrected chi connectivity index (χ1v) is 6.74. The molecule has 1 aliphatic heterocycles. The monoisotopic (exact) mass is 277 g/mol. The Morgan fingerprint density at radius 1 is 1.44 bits per heavy atom. The molecule has 0 aliphatic carbocycles.